The van der Waals surface area contributed by atoms with Crippen LogP contribution in [-0.4, -0.2) is 12.7 Å². The highest BCUT2D eigenvalue weighted by molar-refractivity contribution is 5.85. The fraction of sp³-hybridized carbons (Fsp3) is 0.562. The number of aryl methyl sites for hydroxylation is 1. The van der Waals surface area contributed by atoms with E-state index in [1.165, 1.54) is 12.8 Å². The molecule has 4 heteroatoms. The summed E-state index contributed by atoms with van der Waals surface area (Å²) in [6.07, 6.45) is 4.08. The van der Waals surface area contributed by atoms with Crippen molar-refractivity contribution in [2.45, 2.75) is 46.5 Å². The summed E-state index contributed by atoms with van der Waals surface area (Å²) in [6.45, 7) is 6.70. The number of carbonyl (C=O) groups is 1. The van der Waals surface area contributed by atoms with Crippen molar-refractivity contribution in [2.75, 3.05) is 17.7 Å². The van der Waals surface area contributed by atoms with Gasteiger partial charge >= 0.3 is 6.09 Å². The number of hydrogen-bond donors (Lipinski definition) is 2. The van der Waals surface area contributed by atoms with Gasteiger partial charge in [-0.3, -0.25) is 5.32 Å². The van der Waals surface area contributed by atoms with Crippen molar-refractivity contribution in [3.05, 3.63) is 23.8 Å². The summed E-state index contributed by atoms with van der Waals surface area (Å²) in [5.41, 5.74) is 8.13. The van der Waals surface area contributed by atoms with Crippen molar-refractivity contribution in [1.29, 1.82) is 0 Å². The smallest absolute Gasteiger partial charge is 0.411 e. The number of amides is 1. The Morgan fingerprint density at radius 2 is 2.15 bits per heavy atom. The number of ether oxygens (including phenoxy) is 1. The molecule has 20 heavy (non-hydrogen) atoms. The molecular formula is C16H26N2O2. The maximum Gasteiger partial charge on any atom is 0.411 e. The van der Waals surface area contributed by atoms with Gasteiger partial charge < -0.3 is 10.5 Å². The van der Waals surface area contributed by atoms with Crippen molar-refractivity contribution < 1.29 is 9.53 Å². The summed E-state index contributed by atoms with van der Waals surface area (Å²) in [7, 11) is 0. The van der Waals surface area contributed by atoms with Gasteiger partial charge in [-0.15, -0.1) is 0 Å². The van der Waals surface area contributed by atoms with Gasteiger partial charge in [0.1, 0.15) is 0 Å². The number of nitrogens with one attached hydrogen (secondary N) is 1. The zero-order valence-corrected chi connectivity index (χ0v) is 12.7. The Balaban J connectivity index is 2.40. The summed E-state index contributed by atoms with van der Waals surface area (Å²) in [6, 6.07) is 5.44. The molecule has 112 valence electrons. The molecule has 0 fully saturated rings. The molecule has 0 heterocycles. The summed E-state index contributed by atoms with van der Waals surface area (Å²) < 4.78 is 5.28. The molecule has 0 aliphatic carbocycles. The lowest BCUT2D eigenvalue weighted by Crippen LogP contribution is -2.18. The van der Waals surface area contributed by atoms with Crippen molar-refractivity contribution in [3.8, 4) is 0 Å². The van der Waals surface area contributed by atoms with Gasteiger partial charge in [0.05, 0.1) is 6.61 Å². The van der Waals surface area contributed by atoms with Crippen LogP contribution in [-0.2, 0) is 4.74 Å². The van der Waals surface area contributed by atoms with Crippen LogP contribution < -0.4 is 11.1 Å². The van der Waals surface area contributed by atoms with E-state index in [2.05, 4.69) is 19.2 Å². The molecule has 0 saturated heterocycles. The highest BCUT2D eigenvalue weighted by Crippen LogP contribution is 2.17. The standard InChI is InChI=1S/C16H26N2O2/c1-4-6-7-13(5-2)11-20-16(19)18-14-9-8-12(3)15(17)10-14/h8-10,13H,4-7,11,17H2,1-3H3,(H,18,19). The first-order chi connectivity index (χ1) is 9.56. The molecule has 1 aromatic carbocycles. The van der Waals surface area contributed by atoms with Crippen LogP contribution in [0.4, 0.5) is 16.2 Å². The predicted molar refractivity (Wildman–Crippen MR) is 83.9 cm³/mol. The second-order valence-electron chi connectivity index (χ2n) is 5.21. The number of unbranched alkanes of at least 4 members (excludes halogenated alkanes) is 1. The molecule has 0 bridgehead atoms. The van der Waals surface area contributed by atoms with Gasteiger partial charge in [-0.25, -0.2) is 4.79 Å². The van der Waals surface area contributed by atoms with Gasteiger partial charge in [0.2, 0.25) is 0 Å². The minimum Gasteiger partial charge on any atom is -0.449 e. The topological polar surface area (TPSA) is 64.3 Å². The molecule has 0 aromatic heterocycles. The first-order valence-electron chi connectivity index (χ1n) is 7.36. The number of benzene rings is 1. The van der Waals surface area contributed by atoms with E-state index in [0.717, 1.165) is 18.4 Å². The molecule has 0 aliphatic rings. The molecular weight excluding hydrogens is 252 g/mol. The Morgan fingerprint density at radius 1 is 1.40 bits per heavy atom. The van der Waals surface area contributed by atoms with E-state index >= 15 is 0 Å². The Kier molecular flexibility index (Phi) is 6.91. The van der Waals surface area contributed by atoms with Crippen LogP contribution in [0.2, 0.25) is 0 Å². The van der Waals surface area contributed by atoms with Gasteiger partial charge in [0, 0.05) is 11.4 Å². The third kappa shape index (κ3) is 5.51. The summed E-state index contributed by atoms with van der Waals surface area (Å²) >= 11 is 0. The molecule has 1 rings (SSSR count). The maximum absolute atomic E-state index is 11.7. The number of nitrogen functional groups attached to an aromatic ring is 1. The Hall–Kier alpha value is -1.71. The number of anilines is 2. The molecule has 1 amide bonds. The van der Waals surface area contributed by atoms with E-state index in [9.17, 15) is 4.79 Å². The van der Waals surface area contributed by atoms with Crippen LogP contribution in [0.15, 0.2) is 18.2 Å². The van der Waals surface area contributed by atoms with E-state index in [1.807, 2.05) is 19.1 Å². The monoisotopic (exact) mass is 278 g/mol. The Labute approximate surface area is 121 Å². The van der Waals surface area contributed by atoms with E-state index in [0.29, 0.717) is 23.9 Å². The highest BCUT2D eigenvalue weighted by atomic mass is 16.5. The third-order valence-electron chi connectivity index (χ3n) is 3.52. The normalized spacial score (nSPS) is 11.9. The number of rotatable bonds is 7. The molecule has 0 saturated carbocycles. The quantitative estimate of drug-likeness (QED) is 0.729. The van der Waals surface area contributed by atoms with E-state index in [1.54, 1.807) is 6.07 Å². The fourth-order valence-electron chi connectivity index (χ4n) is 1.96. The zero-order valence-electron chi connectivity index (χ0n) is 12.7. The second-order valence-corrected chi connectivity index (χ2v) is 5.21. The first kappa shape index (κ1) is 16.3. The lowest BCUT2D eigenvalue weighted by atomic mass is 10.0. The average Bonchev–Trinajstić information content (AvgIpc) is 2.43. The van der Waals surface area contributed by atoms with E-state index < -0.39 is 6.09 Å². The third-order valence-corrected chi connectivity index (χ3v) is 3.52. The van der Waals surface area contributed by atoms with Gasteiger partial charge in [0.25, 0.3) is 0 Å². The van der Waals surface area contributed by atoms with Crippen molar-refractivity contribution in [3.63, 3.8) is 0 Å². The maximum atomic E-state index is 11.7. The summed E-state index contributed by atoms with van der Waals surface area (Å²) in [4.78, 5) is 11.7. The van der Waals surface area contributed by atoms with Crippen LogP contribution in [0.3, 0.4) is 0 Å². The molecule has 0 radical (unpaired) electrons. The molecule has 1 atom stereocenters. The Morgan fingerprint density at radius 3 is 2.75 bits per heavy atom. The van der Waals surface area contributed by atoms with E-state index in [-0.39, 0.29) is 0 Å². The van der Waals surface area contributed by atoms with Gasteiger partial charge in [-0.2, -0.15) is 0 Å². The molecule has 0 aliphatic heterocycles. The molecule has 0 spiro atoms. The number of carbonyl (C=O) groups excluding carboxylic acids is 1. The van der Waals surface area contributed by atoms with Crippen LogP contribution in [0, 0.1) is 12.8 Å². The Bertz CT molecular complexity index is 432. The van der Waals surface area contributed by atoms with Gasteiger partial charge in [-0.05, 0) is 37.0 Å². The second kappa shape index (κ2) is 8.46. The van der Waals surface area contributed by atoms with Crippen LogP contribution >= 0.6 is 0 Å². The molecule has 4 nitrogen and oxygen atoms in total. The minimum absolute atomic E-state index is 0.414. The van der Waals surface area contributed by atoms with Crippen molar-refractivity contribution in [2.24, 2.45) is 5.92 Å². The highest BCUT2D eigenvalue weighted by Gasteiger charge is 2.10. The number of hydrogen-bond acceptors (Lipinski definition) is 3. The van der Waals surface area contributed by atoms with Crippen molar-refractivity contribution in [1.82, 2.24) is 0 Å². The predicted octanol–water partition coefficient (Wildman–Crippen LogP) is 4.34. The van der Waals surface area contributed by atoms with Crippen LogP contribution in [0.1, 0.15) is 45.1 Å². The largest absolute Gasteiger partial charge is 0.449 e. The van der Waals surface area contributed by atoms with Gasteiger partial charge in [0.15, 0.2) is 0 Å². The SMILES string of the molecule is CCCCC(CC)COC(=O)Nc1ccc(C)c(N)c1. The summed E-state index contributed by atoms with van der Waals surface area (Å²) in [5, 5.41) is 2.70. The lowest BCUT2D eigenvalue weighted by molar-refractivity contribution is 0.136. The van der Waals surface area contributed by atoms with Gasteiger partial charge in [-0.1, -0.05) is 39.2 Å². The number of nitrogens with two attached hydrogens (primary N) is 1. The zero-order chi connectivity index (χ0) is 15.0. The first-order valence-corrected chi connectivity index (χ1v) is 7.36. The molecule has 1 unspecified atom stereocenters. The van der Waals surface area contributed by atoms with Crippen LogP contribution in [0.5, 0.6) is 0 Å². The van der Waals surface area contributed by atoms with Crippen LogP contribution in [0.25, 0.3) is 0 Å². The lowest BCUT2D eigenvalue weighted by Gasteiger charge is -2.15. The molecule has 3 N–H and O–H groups in total. The summed E-state index contributed by atoms with van der Waals surface area (Å²) in [5.74, 6) is 0.448. The molecule has 1 aromatic rings. The van der Waals surface area contributed by atoms with Crippen molar-refractivity contribution >= 4 is 17.5 Å². The average molecular weight is 278 g/mol. The minimum atomic E-state index is -0.414. The van der Waals surface area contributed by atoms with E-state index in [4.69, 9.17) is 10.5 Å². The fourth-order valence-corrected chi connectivity index (χ4v) is 1.96.